The maximum atomic E-state index is 14.2. The Hall–Kier alpha value is -4.63. The number of methoxy groups -OCH3 is 3. The third-order valence-electron chi connectivity index (χ3n) is 12.7. The lowest BCUT2D eigenvalue weighted by Gasteiger charge is -2.61. The summed E-state index contributed by atoms with van der Waals surface area (Å²) in [5.74, 6) is 2.82. The van der Waals surface area contributed by atoms with Crippen molar-refractivity contribution in [3.8, 4) is 28.7 Å². The van der Waals surface area contributed by atoms with Crippen LogP contribution >= 0.6 is 0 Å². The molecule has 0 aliphatic heterocycles. The molecule has 0 spiro atoms. The van der Waals surface area contributed by atoms with E-state index in [4.69, 9.17) is 18.9 Å². The third-order valence-corrected chi connectivity index (χ3v) is 12.7. The zero-order chi connectivity index (χ0) is 42.3. The molecule has 4 atom stereocenters. The lowest BCUT2D eigenvalue weighted by Crippen LogP contribution is -2.60. The van der Waals surface area contributed by atoms with Gasteiger partial charge in [0.15, 0.2) is 23.0 Å². The van der Waals surface area contributed by atoms with E-state index in [1.165, 1.54) is 16.7 Å². The minimum atomic E-state index is -0.795. The Morgan fingerprint density at radius 2 is 1.48 bits per heavy atom. The van der Waals surface area contributed by atoms with Crippen LogP contribution in [0.4, 0.5) is 0 Å². The van der Waals surface area contributed by atoms with Gasteiger partial charge in [0.2, 0.25) is 0 Å². The molecule has 1 N–H and O–H groups in total. The molecule has 0 saturated heterocycles. The Balaban J connectivity index is 1.26. The molecule has 9 nitrogen and oxygen atoms in total. The van der Waals surface area contributed by atoms with E-state index in [1.54, 1.807) is 44.3 Å². The van der Waals surface area contributed by atoms with Gasteiger partial charge in [-0.3, -0.25) is 4.79 Å². The number of ether oxygens (including phenoxy) is 4. The molecule has 0 amide bonds. The van der Waals surface area contributed by atoms with Crippen LogP contribution < -0.4 is 18.9 Å². The molecular formula is C49H67N3O6. The lowest BCUT2D eigenvalue weighted by atomic mass is 9.44. The van der Waals surface area contributed by atoms with Crippen LogP contribution in [0.1, 0.15) is 124 Å². The smallest absolute Gasteiger partial charge is 0.164 e. The van der Waals surface area contributed by atoms with Crippen molar-refractivity contribution in [2.24, 2.45) is 22.7 Å². The second kappa shape index (κ2) is 19.0. The molecule has 0 bridgehead atoms. The molecule has 0 radical (unpaired) electrons. The van der Waals surface area contributed by atoms with E-state index in [0.29, 0.717) is 40.8 Å². The first kappa shape index (κ1) is 44.5. The summed E-state index contributed by atoms with van der Waals surface area (Å²) in [6.45, 7) is 17.6. The van der Waals surface area contributed by atoms with Crippen molar-refractivity contribution >= 4 is 11.9 Å². The fraction of sp³-hybridized carbons (Fsp3) is 0.531. The van der Waals surface area contributed by atoms with E-state index in [-0.39, 0.29) is 29.6 Å². The Morgan fingerprint density at radius 1 is 0.862 bits per heavy atom. The lowest BCUT2D eigenvalue weighted by molar-refractivity contribution is -0.169. The van der Waals surface area contributed by atoms with Gasteiger partial charge in [0.25, 0.3) is 0 Å². The summed E-state index contributed by atoms with van der Waals surface area (Å²) in [4.78, 5) is 14.2. The Labute approximate surface area is 347 Å². The van der Waals surface area contributed by atoms with E-state index in [9.17, 15) is 9.90 Å². The van der Waals surface area contributed by atoms with E-state index in [1.807, 2.05) is 31.2 Å². The molecule has 0 unspecified atom stereocenters. The molecule has 2 fully saturated rings. The number of hydrogen-bond acceptors (Lipinski definition) is 8. The van der Waals surface area contributed by atoms with Gasteiger partial charge in [0.1, 0.15) is 23.8 Å². The van der Waals surface area contributed by atoms with Crippen LogP contribution in [0.2, 0.25) is 0 Å². The zero-order valence-electron chi connectivity index (χ0n) is 36.9. The Bertz CT molecular complexity index is 1990. The van der Waals surface area contributed by atoms with Crippen molar-refractivity contribution in [1.82, 2.24) is 15.0 Å². The van der Waals surface area contributed by atoms with Crippen LogP contribution in [-0.2, 0) is 11.4 Å². The molecule has 58 heavy (non-hydrogen) atoms. The van der Waals surface area contributed by atoms with Crippen LogP contribution in [0, 0.1) is 22.7 Å². The van der Waals surface area contributed by atoms with Gasteiger partial charge in [-0.15, -0.1) is 5.10 Å². The number of ketones is 1. The number of nitrogens with zero attached hydrogens (tertiary/aromatic N) is 3. The van der Waals surface area contributed by atoms with E-state index < -0.39 is 11.0 Å². The summed E-state index contributed by atoms with van der Waals surface area (Å²) in [5, 5.41) is 20.5. The summed E-state index contributed by atoms with van der Waals surface area (Å²) in [6, 6.07) is 11.3. The zero-order valence-corrected chi connectivity index (χ0v) is 36.9. The highest BCUT2D eigenvalue weighted by Crippen LogP contribution is 2.63. The van der Waals surface area contributed by atoms with Crippen molar-refractivity contribution in [2.45, 2.75) is 125 Å². The third kappa shape index (κ3) is 10.3. The predicted molar refractivity (Wildman–Crippen MR) is 233 cm³/mol. The summed E-state index contributed by atoms with van der Waals surface area (Å²) >= 11 is 0. The predicted octanol–water partition coefficient (Wildman–Crippen LogP) is 11.2. The summed E-state index contributed by atoms with van der Waals surface area (Å²) in [5.41, 5.74) is 5.69. The summed E-state index contributed by atoms with van der Waals surface area (Å²) < 4.78 is 24.2. The first-order valence-corrected chi connectivity index (χ1v) is 20.9. The number of Topliss-reactive ketones (excluding diaryl/α,β-unsaturated/α-hetero) is 1. The second-order valence-electron chi connectivity index (χ2n) is 17.8. The monoisotopic (exact) mass is 794 g/mol. The highest BCUT2D eigenvalue weighted by Gasteiger charge is 2.61. The quantitative estimate of drug-likeness (QED) is 0.106. The van der Waals surface area contributed by atoms with Crippen LogP contribution in [0.25, 0.3) is 11.8 Å². The van der Waals surface area contributed by atoms with E-state index in [0.717, 1.165) is 62.5 Å². The number of hydrogen-bond donors (Lipinski definition) is 1. The molecule has 1 aromatic heterocycles. The molecule has 2 aromatic carbocycles. The number of rotatable bonds is 17. The van der Waals surface area contributed by atoms with Crippen LogP contribution in [0.15, 0.2) is 83.1 Å². The minimum Gasteiger partial charge on any atom is -0.496 e. The van der Waals surface area contributed by atoms with Gasteiger partial charge >= 0.3 is 0 Å². The molecule has 5 rings (SSSR count). The van der Waals surface area contributed by atoms with Crippen molar-refractivity contribution < 1.29 is 28.8 Å². The first-order chi connectivity index (χ1) is 27.5. The minimum absolute atomic E-state index is 0.0661. The maximum Gasteiger partial charge on any atom is 0.164 e. The van der Waals surface area contributed by atoms with Crippen LogP contribution in [0.5, 0.6) is 23.0 Å². The standard InChI is InChI=1S/C49H67N3O6/c1-33(2)15-12-16-34(3)17-13-18-35(4)19-14-20-44-48(7)30-37(46(53)47(5,6)43(48)25-26-49(44,8)54)27-36-21-23-39(24-22-36)58-32-38-31-52(51-50-38)45-41(56-10)28-40(55-9)29-42(45)57-11/h15,17,19,21-24,27-29,31,43-44,54H,12-14,16,18,20,25-26,30,32H2,1-11H3/b34-17+,35-19+,37-27+/t43-,44+,48-,49+/m0/s1. The van der Waals surface area contributed by atoms with Gasteiger partial charge in [-0.05, 0) is 139 Å². The van der Waals surface area contributed by atoms with E-state index in [2.05, 4.69) is 83.1 Å². The van der Waals surface area contributed by atoms with Crippen LogP contribution in [0.3, 0.4) is 0 Å². The van der Waals surface area contributed by atoms with Crippen molar-refractivity contribution in [2.75, 3.05) is 21.3 Å². The van der Waals surface area contributed by atoms with Gasteiger partial charge in [-0.25, -0.2) is 4.68 Å². The molecule has 314 valence electrons. The molecule has 2 saturated carbocycles. The van der Waals surface area contributed by atoms with Gasteiger partial charge in [-0.1, -0.05) is 73.1 Å². The largest absolute Gasteiger partial charge is 0.496 e. The fourth-order valence-corrected chi connectivity index (χ4v) is 9.69. The number of carbonyl (C=O) groups excluding carboxylic acids is 1. The van der Waals surface area contributed by atoms with Gasteiger partial charge in [0.05, 0.1) is 33.1 Å². The Morgan fingerprint density at radius 3 is 2.09 bits per heavy atom. The van der Waals surface area contributed by atoms with Crippen molar-refractivity contribution in [1.29, 1.82) is 0 Å². The molecule has 2 aliphatic carbocycles. The first-order valence-electron chi connectivity index (χ1n) is 20.9. The maximum absolute atomic E-state index is 14.2. The number of allylic oxidation sites excluding steroid dienone is 7. The van der Waals surface area contributed by atoms with E-state index >= 15 is 0 Å². The summed E-state index contributed by atoms with van der Waals surface area (Å²) in [7, 11) is 4.74. The average molecular weight is 794 g/mol. The summed E-state index contributed by atoms with van der Waals surface area (Å²) in [6.07, 6.45) is 19.3. The normalized spacial score (nSPS) is 24.0. The number of benzene rings is 2. The molecule has 9 heteroatoms. The number of aliphatic hydroxyl groups is 1. The number of aromatic nitrogens is 3. The van der Waals surface area contributed by atoms with Gasteiger partial charge in [0, 0.05) is 17.5 Å². The van der Waals surface area contributed by atoms with Crippen molar-refractivity contribution in [3.05, 3.63) is 94.4 Å². The molecule has 2 aliphatic rings. The van der Waals surface area contributed by atoms with Gasteiger partial charge < -0.3 is 24.1 Å². The topological polar surface area (TPSA) is 105 Å². The molecular weight excluding hydrogens is 727 g/mol. The Kier molecular flexibility index (Phi) is 14.5. The average Bonchev–Trinajstić information content (AvgIpc) is 3.65. The highest BCUT2D eigenvalue weighted by molar-refractivity contribution is 6.04. The molecule has 1 heterocycles. The highest BCUT2D eigenvalue weighted by atomic mass is 16.5. The fourth-order valence-electron chi connectivity index (χ4n) is 9.69. The van der Waals surface area contributed by atoms with Gasteiger partial charge in [-0.2, -0.15) is 0 Å². The number of carbonyl (C=O) groups is 1. The van der Waals surface area contributed by atoms with Crippen molar-refractivity contribution in [3.63, 3.8) is 0 Å². The van der Waals surface area contributed by atoms with Crippen LogP contribution in [-0.4, -0.2) is 52.8 Å². The number of fused-ring (bicyclic) bond motifs is 1. The second-order valence-corrected chi connectivity index (χ2v) is 17.8. The molecule has 3 aromatic rings. The SMILES string of the molecule is COc1cc(OC)c(-n2cc(COc3ccc(/C=C4\C[C@]5(C)[C@@H](CC/C=C(\C)CC/C=C(\C)CCC=C(C)C)[C@](C)(O)CC[C@H]5C(C)(C)C4=O)cc3)nn2)c(OC)c1.